The number of halogens is 1. The van der Waals surface area contributed by atoms with E-state index in [1.54, 1.807) is 5.41 Å². The molecule has 0 aliphatic rings. The van der Waals surface area contributed by atoms with Gasteiger partial charge in [0.2, 0.25) is 0 Å². The van der Waals surface area contributed by atoms with Gasteiger partial charge < -0.3 is 4.57 Å². The maximum atomic E-state index is 12.7. The summed E-state index contributed by atoms with van der Waals surface area (Å²) in [6, 6.07) is 5.44. The predicted octanol–water partition coefficient (Wildman–Crippen LogP) is 2.75. The molecule has 2 aromatic rings. The summed E-state index contributed by atoms with van der Waals surface area (Å²) in [6.07, 6.45) is 1.43. The molecule has 0 saturated heterocycles. The molecule has 0 spiro atoms. The number of aromatic nitrogens is 3. The zero-order chi connectivity index (χ0) is 13.8. The summed E-state index contributed by atoms with van der Waals surface area (Å²) in [5.74, 6) is 0.275. The lowest BCUT2D eigenvalue weighted by molar-refractivity contribution is 0.104. The molecular weight excluding hydrogens is 265 g/mol. The third-order valence-electron chi connectivity index (χ3n) is 2.57. The molecule has 0 radical (unpaired) electrons. The lowest BCUT2D eigenvalue weighted by Gasteiger charge is -1.97. The third-order valence-corrected chi connectivity index (χ3v) is 3.41. The van der Waals surface area contributed by atoms with Crippen LogP contribution in [0.5, 0.6) is 0 Å². The fourth-order valence-electron chi connectivity index (χ4n) is 1.36. The van der Waals surface area contributed by atoms with Crippen LogP contribution in [0.3, 0.4) is 0 Å². The van der Waals surface area contributed by atoms with Crippen LogP contribution in [-0.4, -0.2) is 20.5 Å². The Morgan fingerprint density at radius 3 is 2.58 bits per heavy atom. The van der Waals surface area contributed by atoms with Gasteiger partial charge in [-0.1, -0.05) is 11.8 Å². The molecule has 1 aromatic carbocycles. The first-order chi connectivity index (χ1) is 9.08. The van der Waals surface area contributed by atoms with E-state index in [1.807, 2.05) is 18.5 Å². The summed E-state index contributed by atoms with van der Waals surface area (Å²) >= 11 is 1.31. The van der Waals surface area contributed by atoms with Gasteiger partial charge >= 0.3 is 0 Å². The van der Waals surface area contributed by atoms with Gasteiger partial charge in [0.25, 0.3) is 0 Å². The monoisotopic (exact) mass is 277 g/mol. The molecule has 1 aromatic heterocycles. The fraction of sp³-hybridized carbons (Fsp3) is 0.154. The predicted molar refractivity (Wildman–Crippen MR) is 71.5 cm³/mol. The summed E-state index contributed by atoms with van der Waals surface area (Å²) in [6.45, 7) is 1.85. The Hall–Kier alpha value is -1.95. The van der Waals surface area contributed by atoms with Crippen molar-refractivity contribution in [2.45, 2.75) is 12.1 Å². The minimum absolute atomic E-state index is 0.175. The summed E-state index contributed by atoms with van der Waals surface area (Å²) in [5, 5.41) is 10.2. The number of ketones is 1. The zero-order valence-electron chi connectivity index (χ0n) is 10.5. The van der Waals surface area contributed by atoms with Crippen molar-refractivity contribution in [2.75, 3.05) is 0 Å². The molecule has 0 N–H and O–H groups in total. The number of rotatable bonds is 4. The summed E-state index contributed by atoms with van der Waals surface area (Å²) in [7, 11) is 1.85. The highest BCUT2D eigenvalue weighted by molar-refractivity contribution is 8.02. The van der Waals surface area contributed by atoms with Gasteiger partial charge in [0, 0.05) is 12.6 Å². The molecule has 0 fully saturated rings. The molecule has 0 aliphatic carbocycles. The van der Waals surface area contributed by atoms with Gasteiger partial charge in [0.15, 0.2) is 10.9 Å². The lowest BCUT2D eigenvalue weighted by Crippen LogP contribution is -1.94. The van der Waals surface area contributed by atoms with E-state index in [1.165, 1.54) is 42.1 Å². The maximum Gasteiger partial charge on any atom is 0.195 e. The van der Waals surface area contributed by atoms with Gasteiger partial charge in [-0.15, -0.1) is 10.2 Å². The highest BCUT2D eigenvalue weighted by atomic mass is 32.2. The first-order valence-corrected chi connectivity index (χ1v) is 6.45. The molecule has 4 nitrogen and oxygen atoms in total. The van der Waals surface area contributed by atoms with Gasteiger partial charge in [-0.3, -0.25) is 4.79 Å². The van der Waals surface area contributed by atoms with Gasteiger partial charge in [-0.05, 0) is 42.7 Å². The lowest BCUT2D eigenvalue weighted by atomic mass is 10.1. The highest BCUT2D eigenvalue weighted by Crippen LogP contribution is 2.16. The van der Waals surface area contributed by atoms with Crippen molar-refractivity contribution in [1.82, 2.24) is 14.8 Å². The Bertz CT molecular complexity index is 619. The van der Waals surface area contributed by atoms with E-state index in [4.69, 9.17) is 0 Å². The topological polar surface area (TPSA) is 47.8 Å². The Balaban J connectivity index is 2.01. The van der Waals surface area contributed by atoms with Crippen LogP contribution >= 0.6 is 11.8 Å². The van der Waals surface area contributed by atoms with E-state index in [9.17, 15) is 9.18 Å². The molecule has 0 aliphatic heterocycles. The highest BCUT2D eigenvalue weighted by Gasteiger charge is 2.04. The van der Waals surface area contributed by atoms with E-state index in [2.05, 4.69) is 10.2 Å². The first kappa shape index (κ1) is 13.5. The molecule has 0 bridgehead atoms. The van der Waals surface area contributed by atoms with Crippen LogP contribution in [0.1, 0.15) is 16.2 Å². The van der Waals surface area contributed by atoms with E-state index in [0.29, 0.717) is 10.7 Å². The van der Waals surface area contributed by atoms with Crippen molar-refractivity contribution in [2.24, 2.45) is 7.05 Å². The maximum absolute atomic E-state index is 12.7. The smallest absolute Gasteiger partial charge is 0.195 e. The number of hydrogen-bond donors (Lipinski definition) is 0. The van der Waals surface area contributed by atoms with Crippen molar-refractivity contribution >= 4 is 17.5 Å². The second-order valence-corrected chi connectivity index (χ2v) is 4.75. The molecule has 0 saturated carbocycles. The standard InChI is InChI=1S/C13H12FN3OS/c1-9-15-16-13(17(9)2)19-8-7-12(18)10-3-5-11(14)6-4-10/h3-8H,1-2H3/b8-7+. The van der Waals surface area contributed by atoms with Crippen LogP contribution in [-0.2, 0) is 7.05 Å². The van der Waals surface area contributed by atoms with Crippen LogP contribution < -0.4 is 0 Å². The second-order valence-electron chi connectivity index (χ2n) is 3.88. The molecule has 2 rings (SSSR count). The number of benzene rings is 1. The molecule has 0 atom stereocenters. The molecule has 0 amide bonds. The number of aryl methyl sites for hydroxylation is 1. The van der Waals surface area contributed by atoms with Gasteiger partial charge in [0.1, 0.15) is 11.6 Å². The molecule has 1 heterocycles. The summed E-state index contributed by atoms with van der Waals surface area (Å²) in [4.78, 5) is 11.8. The molecule has 19 heavy (non-hydrogen) atoms. The largest absolute Gasteiger partial charge is 0.309 e. The number of thioether (sulfide) groups is 1. The van der Waals surface area contributed by atoms with Crippen LogP contribution in [0, 0.1) is 12.7 Å². The van der Waals surface area contributed by atoms with E-state index in [0.717, 1.165) is 5.82 Å². The number of allylic oxidation sites excluding steroid dienone is 1. The van der Waals surface area contributed by atoms with Gasteiger partial charge in [0.05, 0.1) is 0 Å². The first-order valence-electron chi connectivity index (χ1n) is 5.57. The number of hydrogen-bond acceptors (Lipinski definition) is 4. The minimum Gasteiger partial charge on any atom is -0.309 e. The number of carbonyl (C=O) groups excluding carboxylic acids is 1. The summed E-state index contributed by atoms with van der Waals surface area (Å²) < 4.78 is 14.5. The van der Waals surface area contributed by atoms with Crippen molar-refractivity contribution in [3.05, 3.63) is 53.0 Å². The Labute approximate surface area is 114 Å². The average Bonchev–Trinajstić information content (AvgIpc) is 2.71. The Morgan fingerprint density at radius 2 is 2.00 bits per heavy atom. The van der Waals surface area contributed by atoms with Crippen molar-refractivity contribution in [3.8, 4) is 0 Å². The van der Waals surface area contributed by atoms with Crippen molar-refractivity contribution < 1.29 is 9.18 Å². The van der Waals surface area contributed by atoms with Crippen LogP contribution in [0.4, 0.5) is 4.39 Å². The SMILES string of the molecule is Cc1nnc(S/C=C/C(=O)c2ccc(F)cc2)n1C. The van der Waals surface area contributed by atoms with E-state index in [-0.39, 0.29) is 11.6 Å². The van der Waals surface area contributed by atoms with Gasteiger partial charge in [-0.25, -0.2) is 4.39 Å². The molecule has 6 heteroatoms. The molecule has 0 unspecified atom stereocenters. The van der Waals surface area contributed by atoms with Crippen molar-refractivity contribution in [3.63, 3.8) is 0 Å². The molecule has 98 valence electrons. The zero-order valence-corrected chi connectivity index (χ0v) is 11.3. The van der Waals surface area contributed by atoms with Crippen LogP contribution in [0.15, 0.2) is 40.9 Å². The number of nitrogens with zero attached hydrogens (tertiary/aromatic N) is 3. The third kappa shape index (κ3) is 3.29. The minimum atomic E-state index is -0.357. The van der Waals surface area contributed by atoms with Crippen molar-refractivity contribution in [1.29, 1.82) is 0 Å². The van der Waals surface area contributed by atoms with Crippen LogP contribution in [0.25, 0.3) is 0 Å². The van der Waals surface area contributed by atoms with E-state index >= 15 is 0 Å². The van der Waals surface area contributed by atoms with Gasteiger partial charge in [-0.2, -0.15) is 0 Å². The van der Waals surface area contributed by atoms with E-state index < -0.39 is 0 Å². The fourth-order valence-corrected chi connectivity index (χ4v) is 2.05. The Kier molecular flexibility index (Phi) is 4.11. The number of carbonyl (C=O) groups is 1. The Morgan fingerprint density at radius 1 is 1.32 bits per heavy atom. The quantitative estimate of drug-likeness (QED) is 0.490. The van der Waals surface area contributed by atoms with Crippen LogP contribution in [0.2, 0.25) is 0 Å². The normalized spacial score (nSPS) is 11.1. The summed E-state index contributed by atoms with van der Waals surface area (Å²) in [5.41, 5.74) is 0.451. The molecular formula is C13H12FN3OS. The average molecular weight is 277 g/mol. The second kappa shape index (κ2) is 5.79.